The number of aromatic nitrogens is 2. The molecule has 8 nitrogen and oxygen atoms in total. The molecule has 4 aromatic rings. The number of allylic oxidation sites excluding steroid dienone is 1. The molecule has 0 bridgehead atoms. The van der Waals surface area contributed by atoms with E-state index in [9.17, 15) is 9.59 Å². The highest BCUT2D eigenvalue weighted by molar-refractivity contribution is 7.99. The van der Waals surface area contributed by atoms with Gasteiger partial charge in [-0.3, -0.25) is 9.59 Å². The SMILES string of the molecule is COc1cc(/C=C/C(=O)c2ccc(NC(=O)CSc3nc4ccccc4[nH]3)cc2)cc(OC)c1OC. The Kier molecular flexibility index (Phi) is 7.92. The Morgan fingerprint density at radius 1 is 0.972 bits per heavy atom. The van der Waals surface area contributed by atoms with Crippen LogP contribution in [0.15, 0.2) is 71.9 Å². The van der Waals surface area contributed by atoms with E-state index < -0.39 is 0 Å². The molecular formula is C27H25N3O5S. The summed E-state index contributed by atoms with van der Waals surface area (Å²) in [5.74, 6) is 1.35. The van der Waals surface area contributed by atoms with Gasteiger partial charge in [0, 0.05) is 11.3 Å². The largest absolute Gasteiger partial charge is 0.493 e. The molecule has 1 aromatic heterocycles. The third kappa shape index (κ3) is 5.87. The fourth-order valence-corrected chi connectivity index (χ4v) is 4.20. The Labute approximate surface area is 212 Å². The average molecular weight is 504 g/mol. The first-order valence-corrected chi connectivity index (χ1v) is 12.0. The lowest BCUT2D eigenvalue weighted by atomic mass is 10.1. The fraction of sp³-hybridized carbons (Fsp3) is 0.148. The lowest BCUT2D eigenvalue weighted by Gasteiger charge is -2.12. The van der Waals surface area contributed by atoms with Gasteiger partial charge in [-0.25, -0.2) is 4.98 Å². The van der Waals surface area contributed by atoms with E-state index in [1.54, 1.807) is 42.5 Å². The number of methoxy groups -OCH3 is 3. The molecule has 1 heterocycles. The van der Waals surface area contributed by atoms with Gasteiger partial charge in [0.15, 0.2) is 22.4 Å². The average Bonchev–Trinajstić information content (AvgIpc) is 3.33. The number of thioether (sulfide) groups is 1. The zero-order chi connectivity index (χ0) is 25.5. The minimum absolute atomic E-state index is 0.165. The molecule has 0 saturated carbocycles. The van der Waals surface area contributed by atoms with Gasteiger partial charge in [-0.2, -0.15) is 0 Å². The second kappa shape index (κ2) is 11.5. The summed E-state index contributed by atoms with van der Waals surface area (Å²) in [4.78, 5) is 32.6. The third-order valence-electron chi connectivity index (χ3n) is 5.28. The molecule has 0 radical (unpaired) electrons. The molecule has 0 unspecified atom stereocenters. The van der Waals surface area contributed by atoms with Crippen LogP contribution in [0.5, 0.6) is 17.2 Å². The van der Waals surface area contributed by atoms with Gasteiger partial charge in [-0.1, -0.05) is 30.0 Å². The summed E-state index contributed by atoms with van der Waals surface area (Å²) < 4.78 is 16.0. The number of amides is 1. The minimum Gasteiger partial charge on any atom is -0.493 e. The minimum atomic E-state index is -0.179. The van der Waals surface area contributed by atoms with E-state index in [0.29, 0.717) is 33.7 Å². The summed E-state index contributed by atoms with van der Waals surface area (Å²) in [6, 6.07) is 18.0. The number of ether oxygens (including phenoxy) is 3. The summed E-state index contributed by atoms with van der Waals surface area (Å²) >= 11 is 1.33. The van der Waals surface area contributed by atoms with Crippen molar-refractivity contribution < 1.29 is 23.8 Å². The molecular weight excluding hydrogens is 478 g/mol. The number of ketones is 1. The standard InChI is InChI=1S/C27H25N3O5S/c1-33-23-14-17(15-24(34-2)26(23)35-3)8-13-22(31)18-9-11-19(12-10-18)28-25(32)16-36-27-29-20-6-4-5-7-21(20)30-27/h4-15H,16H2,1-3H3,(H,28,32)(H,29,30)/b13-8+. The number of rotatable bonds is 10. The van der Waals surface area contributed by atoms with E-state index in [-0.39, 0.29) is 17.4 Å². The predicted molar refractivity (Wildman–Crippen MR) is 141 cm³/mol. The lowest BCUT2D eigenvalue weighted by Crippen LogP contribution is -2.14. The molecule has 1 amide bonds. The zero-order valence-electron chi connectivity index (χ0n) is 20.0. The molecule has 0 fully saturated rings. The number of nitrogens with zero attached hydrogens (tertiary/aromatic N) is 1. The number of para-hydroxylation sites is 2. The quantitative estimate of drug-likeness (QED) is 0.174. The smallest absolute Gasteiger partial charge is 0.234 e. The van der Waals surface area contributed by atoms with Crippen molar-refractivity contribution in [1.82, 2.24) is 9.97 Å². The highest BCUT2D eigenvalue weighted by Gasteiger charge is 2.13. The second-order valence-electron chi connectivity index (χ2n) is 7.63. The molecule has 4 rings (SSSR count). The van der Waals surface area contributed by atoms with Gasteiger partial charge in [0.05, 0.1) is 38.1 Å². The summed E-state index contributed by atoms with van der Waals surface area (Å²) in [5.41, 5.74) is 3.62. The molecule has 0 aliphatic heterocycles. The molecule has 3 aromatic carbocycles. The summed E-state index contributed by atoms with van der Waals surface area (Å²) in [5, 5.41) is 3.52. The topological polar surface area (TPSA) is 103 Å². The third-order valence-corrected chi connectivity index (χ3v) is 6.15. The number of hydrogen-bond acceptors (Lipinski definition) is 7. The van der Waals surface area contributed by atoms with Crippen LogP contribution in [0.3, 0.4) is 0 Å². The van der Waals surface area contributed by atoms with Crippen LogP contribution in [-0.2, 0) is 4.79 Å². The van der Waals surface area contributed by atoms with Crippen molar-refractivity contribution in [3.63, 3.8) is 0 Å². The fourth-order valence-electron chi connectivity index (χ4n) is 3.51. The Hall–Kier alpha value is -4.24. The van der Waals surface area contributed by atoms with Gasteiger partial charge in [0.1, 0.15) is 0 Å². The van der Waals surface area contributed by atoms with Crippen molar-refractivity contribution in [2.75, 3.05) is 32.4 Å². The maximum atomic E-state index is 12.6. The van der Waals surface area contributed by atoms with Gasteiger partial charge >= 0.3 is 0 Å². The van der Waals surface area contributed by atoms with Crippen molar-refractivity contribution in [3.8, 4) is 17.2 Å². The van der Waals surface area contributed by atoms with Crippen LogP contribution >= 0.6 is 11.8 Å². The van der Waals surface area contributed by atoms with Crippen LogP contribution in [0.25, 0.3) is 17.1 Å². The maximum Gasteiger partial charge on any atom is 0.234 e. The Bertz CT molecular complexity index is 1350. The first kappa shape index (κ1) is 24.9. The molecule has 0 spiro atoms. The van der Waals surface area contributed by atoms with Gasteiger partial charge in [0.2, 0.25) is 11.7 Å². The number of anilines is 1. The van der Waals surface area contributed by atoms with E-state index in [1.807, 2.05) is 24.3 Å². The molecule has 0 aliphatic rings. The van der Waals surface area contributed by atoms with Crippen molar-refractivity contribution in [2.24, 2.45) is 0 Å². The van der Waals surface area contributed by atoms with E-state index in [4.69, 9.17) is 14.2 Å². The monoisotopic (exact) mass is 503 g/mol. The number of carbonyl (C=O) groups excluding carboxylic acids is 2. The summed E-state index contributed by atoms with van der Waals surface area (Å²) in [6.45, 7) is 0. The Morgan fingerprint density at radius 2 is 1.67 bits per heavy atom. The number of aromatic amines is 1. The van der Waals surface area contributed by atoms with Crippen molar-refractivity contribution in [3.05, 3.63) is 77.9 Å². The number of nitrogens with one attached hydrogen (secondary N) is 2. The van der Waals surface area contributed by atoms with E-state index in [0.717, 1.165) is 16.6 Å². The van der Waals surface area contributed by atoms with E-state index in [2.05, 4.69) is 15.3 Å². The number of fused-ring (bicyclic) bond motifs is 1. The van der Waals surface area contributed by atoms with Crippen LogP contribution in [0, 0.1) is 0 Å². The number of hydrogen-bond donors (Lipinski definition) is 2. The molecule has 0 aliphatic carbocycles. The van der Waals surface area contributed by atoms with Gasteiger partial charge in [-0.05, 0) is 60.2 Å². The number of benzene rings is 3. The van der Waals surface area contributed by atoms with Gasteiger partial charge in [0.25, 0.3) is 0 Å². The first-order valence-electron chi connectivity index (χ1n) is 11.0. The van der Waals surface area contributed by atoms with Gasteiger partial charge < -0.3 is 24.5 Å². The highest BCUT2D eigenvalue weighted by Crippen LogP contribution is 2.38. The van der Waals surface area contributed by atoms with Crippen molar-refractivity contribution in [1.29, 1.82) is 0 Å². The summed E-state index contributed by atoms with van der Waals surface area (Å²) in [7, 11) is 4.60. The molecule has 0 atom stereocenters. The van der Waals surface area contributed by atoms with E-state index >= 15 is 0 Å². The zero-order valence-corrected chi connectivity index (χ0v) is 20.8. The predicted octanol–water partition coefficient (Wildman–Crippen LogP) is 5.22. The summed E-state index contributed by atoms with van der Waals surface area (Å²) in [6.07, 6.45) is 3.15. The second-order valence-corrected chi connectivity index (χ2v) is 8.59. The number of carbonyl (C=O) groups is 2. The van der Waals surface area contributed by atoms with Crippen LogP contribution in [0.4, 0.5) is 5.69 Å². The molecule has 184 valence electrons. The molecule has 0 saturated heterocycles. The highest BCUT2D eigenvalue weighted by atomic mass is 32.2. The van der Waals surface area contributed by atoms with Crippen molar-refractivity contribution >= 4 is 46.2 Å². The van der Waals surface area contributed by atoms with Gasteiger partial charge in [-0.15, -0.1) is 0 Å². The maximum absolute atomic E-state index is 12.6. The van der Waals surface area contributed by atoms with Crippen LogP contribution in [0.1, 0.15) is 15.9 Å². The first-order chi connectivity index (χ1) is 17.5. The Balaban J connectivity index is 1.34. The number of H-pyrrole nitrogens is 1. The van der Waals surface area contributed by atoms with Crippen LogP contribution in [0.2, 0.25) is 0 Å². The molecule has 9 heteroatoms. The van der Waals surface area contributed by atoms with E-state index in [1.165, 1.54) is 39.2 Å². The van der Waals surface area contributed by atoms with Crippen molar-refractivity contribution in [2.45, 2.75) is 5.16 Å². The number of imidazole rings is 1. The molecule has 36 heavy (non-hydrogen) atoms. The molecule has 2 N–H and O–H groups in total. The normalized spacial score (nSPS) is 11.0. The van der Waals surface area contributed by atoms with Crippen LogP contribution < -0.4 is 19.5 Å². The lowest BCUT2D eigenvalue weighted by molar-refractivity contribution is -0.113. The van der Waals surface area contributed by atoms with Crippen LogP contribution in [-0.4, -0.2) is 48.7 Å². The Morgan fingerprint density at radius 3 is 2.31 bits per heavy atom.